The lowest BCUT2D eigenvalue weighted by Gasteiger charge is -2.07. The molecule has 1 aromatic rings. The predicted octanol–water partition coefficient (Wildman–Crippen LogP) is 0.535. The van der Waals surface area contributed by atoms with Crippen molar-refractivity contribution in [2.75, 3.05) is 18.9 Å². The maximum absolute atomic E-state index is 11.4. The lowest BCUT2D eigenvalue weighted by atomic mass is 10.2. The quantitative estimate of drug-likeness (QED) is 0.664. The molecule has 0 aliphatic carbocycles. The molecule has 0 aliphatic heterocycles. The molecule has 3 amide bonds. The minimum atomic E-state index is -0.456. The largest absolute Gasteiger partial charge is 0.358 e. The van der Waals surface area contributed by atoms with E-state index in [-0.39, 0.29) is 12.5 Å². The van der Waals surface area contributed by atoms with Crippen LogP contribution in [0, 0.1) is 12.3 Å². The van der Waals surface area contributed by atoms with Gasteiger partial charge in [-0.05, 0) is 18.2 Å². The van der Waals surface area contributed by atoms with Gasteiger partial charge in [-0.1, -0.05) is 12.0 Å². The van der Waals surface area contributed by atoms with Gasteiger partial charge in [-0.2, -0.15) is 0 Å². The second kappa shape index (κ2) is 6.18. The van der Waals surface area contributed by atoms with Crippen molar-refractivity contribution in [3.05, 3.63) is 29.8 Å². The molecule has 3 N–H and O–H groups in total. The maximum Gasteiger partial charge on any atom is 0.319 e. The third-order valence-corrected chi connectivity index (χ3v) is 1.98. The summed E-state index contributed by atoms with van der Waals surface area (Å²) in [6.45, 7) is -0.0723. The van der Waals surface area contributed by atoms with Crippen LogP contribution in [-0.2, 0) is 4.79 Å². The molecule has 0 aromatic heterocycles. The van der Waals surface area contributed by atoms with Crippen LogP contribution in [-0.4, -0.2) is 25.5 Å². The second-order valence-electron chi connectivity index (χ2n) is 3.21. The normalized spacial score (nSPS) is 8.94. The molecule has 0 atom stereocenters. The summed E-state index contributed by atoms with van der Waals surface area (Å²) in [6.07, 6.45) is 5.23. The first-order chi connectivity index (χ1) is 8.15. The fourth-order valence-corrected chi connectivity index (χ4v) is 1.11. The summed E-state index contributed by atoms with van der Waals surface area (Å²) in [4.78, 5) is 22.3. The monoisotopic (exact) mass is 231 g/mol. The molecule has 0 bridgehead atoms. The molecule has 5 nitrogen and oxygen atoms in total. The van der Waals surface area contributed by atoms with Crippen LogP contribution in [0.15, 0.2) is 24.3 Å². The SMILES string of the molecule is C#Cc1cccc(NC(=O)NCC(=O)NC)c1. The fraction of sp³-hybridized carbons (Fsp3) is 0.167. The zero-order chi connectivity index (χ0) is 12.7. The van der Waals surface area contributed by atoms with Gasteiger partial charge in [-0.25, -0.2) is 4.79 Å². The number of likely N-dealkylation sites (N-methyl/N-ethyl adjacent to an activating group) is 1. The average molecular weight is 231 g/mol. The van der Waals surface area contributed by atoms with Crippen molar-refractivity contribution in [2.45, 2.75) is 0 Å². The number of hydrogen-bond acceptors (Lipinski definition) is 2. The number of carbonyl (C=O) groups is 2. The summed E-state index contributed by atoms with van der Waals surface area (Å²) in [5, 5.41) is 7.37. The van der Waals surface area contributed by atoms with E-state index in [1.54, 1.807) is 24.3 Å². The fourth-order valence-electron chi connectivity index (χ4n) is 1.11. The van der Waals surface area contributed by atoms with E-state index >= 15 is 0 Å². The van der Waals surface area contributed by atoms with E-state index in [9.17, 15) is 9.59 Å². The highest BCUT2D eigenvalue weighted by atomic mass is 16.2. The van der Waals surface area contributed by atoms with E-state index in [0.717, 1.165) is 0 Å². The van der Waals surface area contributed by atoms with Crippen LogP contribution in [0.25, 0.3) is 0 Å². The molecule has 0 fully saturated rings. The third-order valence-electron chi connectivity index (χ3n) is 1.98. The molecule has 5 heteroatoms. The van der Waals surface area contributed by atoms with Gasteiger partial charge in [0.2, 0.25) is 5.91 Å². The topological polar surface area (TPSA) is 70.2 Å². The zero-order valence-electron chi connectivity index (χ0n) is 9.41. The Labute approximate surface area is 99.6 Å². The van der Waals surface area contributed by atoms with E-state index in [4.69, 9.17) is 6.42 Å². The second-order valence-corrected chi connectivity index (χ2v) is 3.21. The highest BCUT2D eigenvalue weighted by molar-refractivity contribution is 5.92. The standard InChI is InChI=1S/C12H13N3O2/c1-3-9-5-4-6-10(7-9)15-12(17)14-8-11(16)13-2/h1,4-7H,8H2,2H3,(H,13,16)(H2,14,15,17). The highest BCUT2D eigenvalue weighted by Crippen LogP contribution is 2.09. The lowest BCUT2D eigenvalue weighted by molar-refractivity contribution is -0.119. The van der Waals surface area contributed by atoms with E-state index in [2.05, 4.69) is 21.9 Å². The smallest absolute Gasteiger partial charge is 0.319 e. The first kappa shape index (κ1) is 12.6. The maximum atomic E-state index is 11.4. The Morgan fingerprint density at radius 2 is 2.18 bits per heavy atom. The zero-order valence-corrected chi connectivity index (χ0v) is 9.41. The molecule has 1 aromatic carbocycles. The van der Waals surface area contributed by atoms with Crippen molar-refractivity contribution >= 4 is 17.6 Å². The van der Waals surface area contributed by atoms with Crippen LogP contribution in [0.1, 0.15) is 5.56 Å². The molecule has 0 aliphatic rings. The molecule has 0 heterocycles. The Morgan fingerprint density at radius 1 is 1.41 bits per heavy atom. The summed E-state index contributed by atoms with van der Waals surface area (Å²) < 4.78 is 0. The number of nitrogens with one attached hydrogen (secondary N) is 3. The number of amides is 3. The minimum absolute atomic E-state index is 0.0723. The van der Waals surface area contributed by atoms with Gasteiger partial charge < -0.3 is 16.0 Å². The Morgan fingerprint density at radius 3 is 2.82 bits per heavy atom. The van der Waals surface area contributed by atoms with Crippen LogP contribution in [0.4, 0.5) is 10.5 Å². The molecule has 0 radical (unpaired) electrons. The summed E-state index contributed by atoms with van der Waals surface area (Å²) in [5.74, 6) is 2.20. The number of hydrogen-bond donors (Lipinski definition) is 3. The number of carbonyl (C=O) groups excluding carboxylic acids is 2. The molecular formula is C12H13N3O2. The van der Waals surface area contributed by atoms with Crippen molar-refractivity contribution in [1.29, 1.82) is 0 Å². The van der Waals surface area contributed by atoms with E-state index in [0.29, 0.717) is 11.3 Å². The van der Waals surface area contributed by atoms with Crippen LogP contribution >= 0.6 is 0 Å². The number of rotatable bonds is 3. The van der Waals surface area contributed by atoms with Crippen molar-refractivity contribution in [1.82, 2.24) is 10.6 Å². The molecule has 88 valence electrons. The molecule has 0 spiro atoms. The summed E-state index contributed by atoms with van der Waals surface area (Å²) in [6, 6.07) is 6.42. The molecule has 17 heavy (non-hydrogen) atoms. The summed E-state index contributed by atoms with van der Waals surface area (Å²) >= 11 is 0. The van der Waals surface area contributed by atoms with Crippen molar-refractivity contribution in [2.24, 2.45) is 0 Å². The van der Waals surface area contributed by atoms with Gasteiger partial charge in [-0.15, -0.1) is 6.42 Å². The molecule has 0 saturated heterocycles. The Bertz CT molecular complexity index is 463. The average Bonchev–Trinajstić information content (AvgIpc) is 2.36. The first-order valence-electron chi connectivity index (χ1n) is 4.98. The van der Waals surface area contributed by atoms with Crippen molar-refractivity contribution in [3.63, 3.8) is 0 Å². The lowest BCUT2D eigenvalue weighted by Crippen LogP contribution is -2.37. The van der Waals surface area contributed by atoms with Gasteiger partial charge in [0.25, 0.3) is 0 Å². The minimum Gasteiger partial charge on any atom is -0.358 e. The van der Waals surface area contributed by atoms with Crippen LogP contribution < -0.4 is 16.0 Å². The Balaban J connectivity index is 2.51. The van der Waals surface area contributed by atoms with Gasteiger partial charge in [-0.3, -0.25) is 4.79 Å². The first-order valence-corrected chi connectivity index (χ1v) is 4.98. The van der Waals surface area contributed by atoms with Crippen LogP contribution in [0.5, 0.6) is 0 Å². The molecule has 1 rings (SSSR count). The van der Waals surface area contributed by atoms with E-state index < -0.39 is 6.03 Å². The number of urea groups is 1. The number of benzene rings is 1. The Hall–Kier alpha value is -2.48. The summed E-state index contributed by atoms with van der Waals surface area (Å²) in [5.41, 5.74) is 1.25. The number of terminal acetylenes is 1. The van der Waals surface area contributed by atoms with Crippen molar-refractivity contribution in [3.8, 4) is 12.3 Å². The molecule has 0 saturated carbocycles. The highest BCUT2D eigenvalue weighted by Gasteiger charge is 2.03. The van der Waals surface area contributed by atoms with Gasteiger partial charge in [0.05, 0.1) is 6.54 Å². The van der Waals surface area contributed by atoms with Crippen molar-refractivity contribution < 1.29 is 9.59 Å². The third kappa shape index (κ3) is 4.26. The van der Waals surface area contributed by atoms with Gasteiger partial charge in [0, 0.05) is 18.3 Å². The van der Waals surface area contributed by atoms with Gasteiger partial charge in [0.1, 0.15) is 0 Å². The molecule has 0 unspecified atom stereocenters. The van der Waals surface area contributed by atoms with Crippen LogP contribution in [0.3, 0.4) is 0 Å². The van der Waals surface area contributed by atoms with E-state index in [1.165, 1.54) is 7.05 Å². The Kier molecular flexibility index (Phi) is 4.58. The van der Waals surface area contributed by atoms with E-state index in [1.807, 2.05) is 0 Å². The summed E-state index contributed by atoms with van der Waals surface area (Å²) in [7, 11) is 1.50. The number of anilines is 1. The van der Waals surface area contributed by atoms with Crippen LogP contribution in [0.2, 0.25) is 0 Å². The van der Waals surface area contributed by atoms with Gasteiger partial charge >= 0.3 is 6.03 Å². The van der Waals surface area contributed by atoms with Gasteiger partial charge in [0.15, 0.2) is 0 Å². The molecular weight excluding hydrogens is 218 g/mol. The predicted molar refractivity (Wildman–Crippen MR) is 65.5 cm³/mol.